The summed E-state index contributed by atoms with van der Waals surface area (Å²) in [5.41, 5.74) is 1.33. The third kappa shape index (κ3) is 4.05. The van der Waals surface area contributed by atoms with E-state index in [0.717, 1.165) is 22.2 Å². The lowest BCUT2D eigenvalue weighted by molar-refractivity contribution is -0.145. The molecule has 0 bridgehead atoms. The minimum absolute atomic E-state index is 0.187. The first-order valence-corrected chi connectivity index (χ1v) is 10.4. The summed E-state index contributed by atoms with van der Waals surface area (Å²) in [4.78, 5) is 26.3. The molecule has 1 saturated heterocycles. The van der Waals surface area contributed by atoms with Gasteiger partial charge in [0.1, 0.15) is 15.8 Å². The van der Waals surface area contributed by atoms with Crippen LogP contribution in [0, 0.1) is 0 Å². The molecule has 0 radical (unpaired) electrons. The van der Waals surface area contributed by atoms with E-state index >= 15 is 0 Å². The first kappa shape index (κ1) is 20.4. The van der Waals surface area contributed by atoms with Gasteiger partial charge in [-0.2, -0.15) is 0 Å². The van der Waals surface area contributed by atoms with Crippen LogP contribution in [0.25, 0.3) is 17.4 Å². The monoisotopic (exact) mass is 455 g/mol. The largest absolute Gasteiger partial charge is 0.479 e. The number of thiocarbonyl (C=S) groups is 1. The molecule has 8 heteroatoms. The van der Waals surface area contributed by atoms with Crippen molar-refractivity contribution < 1.29 is 19.1 Å². The highest BCUT2D eigenvalue weighted by Crippen LogP contribution is 2.38. The number of halogens is 1. The second-order valence-electron chi connectivity index (χ2n) is 6.41. The first-order chi connectivity index (χ1) is 14.4. The van der Waals surface area contributed by atoms with E-state index in [-0.39, 0.29) is 4.32 Å². The van der Waals surface area contributed by atoms with Crippen LogP contribution in [0.5, 0.6) is 0 Å². The maximum atomic E-state index is 13.0. The molecule has 1 fully saturated rings. The molecule has 30 heavy (non-hydrogen) atoms. The molecule has 5 nitrogen and oxygen atoms in total. The second-order valence-corrected chi connectivity index (χ2v) is 8.52. The molecule has 0 spiro atoms. The fourth-order valence-electron chi connectivity index (χ4n) is 3.07. The zero-order valence-corrected chi connectivity index (χ0v) is 17.7. The maximum absolute atomic E-state index is 13.0. The van der Waals surface area contributed by atoms with Gasteiger partial charge in [-0.25, -0.2) is 4.79 Å². The summed E-state index contributed by atoms with van der Waals surface area (Å²) in [7, 11) is 0. The topological polar surface area (TPSA) is 70.8 Å². The second kappa shape index (κ2) is 8.47. The van der Waals surface area contributed by atoms with Crippen molar-refractivity contribution in [1.29, 1.82) is 0 Å². The van der Waals surface area contributed by atoms with Crippen LogP contribution in [0.2, 0.25) is 5.02 Å². The number of rotatable bonds is 5. The number of thioether (sulfide) groups is 1. The molecule has 1 amide bonds. The minimum Gasteiger partial charge on any atom is -0.479 e. The lowest BCUT2D eigenvalue weighted by atomic mass is 10.1. The summed E-state index contributed by atoms with van der Waals surface area (Å²) in [6, 6.07) is 18.1. The average molecular weight is 456 g/mol. The number of carboxylic acid groups (broad SMARTS) is 1. The van der Waals surface area contributed by atoms with Crippen molar-refractivity contribution in [3.05, 3.63) is 88.0 Å². The van der Waals surface area contributed by atoms with E-state index in [1.54, 1.807) is 60.7 Å². The van der Waals surface area contributed by atoms with Crippen molar-refractivity contribution in [2.45, 2.75) is 6.04 Å². The Labute approximate surface area is 186 Å². The highest BCUT2D eigenvalue weighted by molar-refractivity contribution is 8.26. The summed E-state index contributed by atoms with van der Waals surface area (Å²) >= 11 is 12.3. The molecule has 2 heterocycles. The van der Waals surface area contributed by atoms with Gasteiger partial charge in [-0.3, -0.25) is 9.69 Å². The number of carbonyl (C=O) groups excluding carboxylic acids is 1. The molecule has 4 rings (SSSR count). The number of nitrogens with zero attached hydrogens (tertiary/aromatic N) is 1. The normalized spacial score (nSPS) is 16.3. The summed E-state index contributed by atoms with van der Waals surface area (Å²) in [5, 5.41) is 10.4. The lowest BCUT2D eigenvalue weighted by Gasteiger charge is -2.23. The Balaban J connectivity index is 1.62. The van der Waals surface area contributed by atoms with Gasteiger partial charge in [0.05, 0.1) is 4.91 Å². The number of furan rings is 1. The van der Waals surface area contributed by atoms with E-state index in [4.69, 9.17) is 28.2 Å². The molecule has 1 atom stereocenters. The van der Waals surface area contributed by atoms with Gasteiger partial charge in [-0.15, -0.1) is 0 Å². The number of amides is 1. The summed E-state index contributed by atoms with van der Waals surface area (Å²) in [5.74, 6) is -0.527. The van der Waals surface area contributed by atoms with Crippen LogP contribution < -0.4 is 0 Å². The molecule has 0 aliphatic carbocycles. The van der Waals surface area contributed by atoms with Crippen LogP contribution >= 0.6 is 35.6 Å². The Kier molecular flexibility index (Phi) is 5.76. The summed E-state index contributed by atoms with van der Waals surface area (Å²) < 4.78 is 6.01. The van der Waals surface area contributed by atoms with Crippen LogP contribution in [0.4, 0.5) is 0 Å². The third-order valence-corrected chi connectivity index (χ3v) is 6.04. The van der Waals surface area contributed by atoms with Crippen LogP contribution in [-0.4, -0.2) is 26.2 Å². The Morgan fingerprint density at radius 1 is 1.10 bits per heavy atom. The molecule has 1 unspecified atom stereocenters. The Morgan fingerprint density at radius 3 is 2.47 bits per heavy atom. The van der Waals surface area contributed by atoms with Crippen LogP contribution in [0.1, 0.15) is 17.4 Å². The molecule has 150 valence electrons. The van der Waals surface area contributed by atoms with Crippen molar-refractivity contribution in [1.82, 2.24) is 4.90 Å². The smallest absolute Gasteiger partial charge is 0.331 e. The van der Waals surface area contributed by atoms with Gasteiger partial charge in [-0.1, -0.05) is 65.9 Å². The number of carbonyl (C=O) groups is 2. The molecule has 1 N–H and O–H groups in total. The van der Waals surface area contributed by atoms with Crippen molar-refractivity contribution in [2.24, 2.45) is 0 Å². The van der Waals surface area contributed by atoms with Crippen molar-refractivity contribution in [3.63, 3.8) is 0 Å². The number of benzene rings is 2. The molecular weight excluding hydrogens is 442 g/mol. The van der Waals surface area contributed by atoms with Crippen LogP contribution in [0.15, 0.2) is 76.1 Å². The molecule has 1 aliphatic rings. The number of hydrogen-bond donors (Lipinski definition) is 1. The van der Waals surface area contributed by atoms with Gasteiger partial charge >= 0.3 is 5.97 Å². The average Bonchev–Trinajstić information content (AvgIpc) is 3.30. The molecular formula is C22H14ClNO4S2. The summed E-state index contributed by atoms with van der Waals surface area (Å²) in [6.07, 6.45) is 1.57. The maximum Gasteiger partial charge on any atom is 0.331 e. The zero-order chi connectivity index (χ0) is 21.3. The predicted molar refractivity (Wildman–Crippen MR) is 121 cm³/mol. The van der Waals surface area contributed by atoms with Gasteiger partial charge in [0.2, 0.25) is 0 Å². The van der Waals surface area contributed by atoms with E-state index in [9.17, 15) is 14.7 Å². The quantitative estimate of drug-likeness (QED) is 0.397. The first-order valence-electron chi connectivity index (χ1n) is 8.84. The van der Waals surface area contributed by atoms with Gasteiger partial charge < -0.3 is 9.52 Å². The number of carboxylic acids is 1. The predicted octanol–water partition coefficient (Wildman–Crippen LogP) is 5.63. The molecule has 0 saturated carbocycles. The molecule has 1 aromatic heterocycles. The highest BCUT2D eigenvalue weighted by Gasteiger charge is 2.41. The number of aliphatic carboxylic acids is 1. The van der Waals surface area contributed by atoms with Crippen LogP contribution in [0.3, 0.4) is 0 Å². The minimum atomic E-state index is -1.19. The standard InChI is InChI=1S/C22H14ClNO4S2/c23-15-8-6-13(7-9-15)17-11-10-16(28-17)12-18-20(25)24(22(29)30-18)19(21(26)27)14-4-2-1-3-5-14/h1-12,19H,(H,26,27)/b18-12+. The molecule has 3 aromatic rings. The third-order valence-electron chi connectivity index (χ3n) is 4.46. The van der Waals surface area contributed by atoms with Crippen molar-refractivity contribution in [3.8, 4) is 11.3 Å². The van der Waals surface area contributed by atoms with Gasteiger partial charge in [-0.05, 0) is 42.0 Å². The Morgan fingerprint density at radius 2 is 1.80 bits per heavy atom. The van der Waals surface area contributed by atoms with Gasteiger partial charge in [0.15, 0.2) is 6.04 Å². The number of hydrogen-bond acceptors (Lipinski definition) is 5. The van der Waals surface area contributed by atoms with E-state index in [2.05, 4.69) is 0 Å². The molecule has 1 aliphatic heterocycles. The highest BCUT2D eigenvalue weighted by atomic mass is 35.5. The van der Waals surface area contributed by atoms with E-state index in [1.165, 1.54) is 0 Å². The van der Waals surface area contributed by atoms with E-state index < -0.39 is 17.9 Å². The van der Waals surface area contributed by atoms with Crippen LogP contribution in [-0.2, 0) is 9.59 Å². The Bertz CT molecular complexity index is 1160. The van der Waals surface area contributed by atoms with Gasteiger partial charge in [0.25, 0.3) is 5.91 Å². The Hall–Kier alpha value is -2.87. The van der Waals surface area contributed by atoms with E-state index in [1.807, 2.05) is 12.1 Å². The zero-order valence-electron chi connectivity index (χ0n) is 15.3. The van der Waals surface area contributed by atoms with Crippen molar-refractivity contribution >= 4 is 57.9 Å². The SMILES string of the molecule is O=C(O)C(c1ccccc1)N1C(=O)/C(=C\c2ccc(-c3ccc(Cl)cc3)o2)SC1=S. The lowest BCUT2D eigenvalue weighted by Crippen LogP contribution is -2.37. The fraction of sp³-hybridized carbons (Fsp3) is 0.0455. The summed E-state index contributed by atoms with van der Waals surface area (Å²) in [6.45, 7) is 0. The van der Waals surface area contributed by atoms with E-state index in [0.29, 0.717) is 27.0 Å². The van der Waals surface area contributed by atoms with Crippen molar-refractivity contribution in [2.75, 3.05) is 0 Å². The molecule has 2 aromatic carbocycles. The fourth-order valence-corrected chi connectivity index (χ4v) is 4.49. The van der Waals surface area contributed by atoms with Gasteiger partial charge in [0, 0.05) is 16.7 Å².